The zero-order chi connectivity index (χ0) is 19.1. The molecule has 0 saturated carbocycles. The van der Waals surface area contributed by atoms with Crippen LogP contribution in [0.25, 0.3) is 10.8 Å². The number of rotatable bonds is 8. The summed E-state index contributed by atoms with van der Waals surface area (Å²) in [5.41, 5.74) is 1.97. The first-order valence-electron chi connectivity index (χ1n) is 8.76. The molecule has 138 valence electrons. The molecule has 0 aliphatic heterocycles. The Hall–Kier alpha value is -2.08. The van der Waals surface area contributed by atoms with Gasteiger partial charge in [-0.05, 0) is 46.8 Å². The van der Waals surface area contributed by atoms with Crippen molar-refractivity contribution in [1.82, 2.24) is 4.72 Å². The van der Waals surface area contributed by atoms with Gasteiger partial charge in [0.1, 0.15) is 0 Å². The maximum atomic E-state index is 12.1. The highest BCUT2D eigenvalue weighted by molar-refractivity contribution is 8.14. The third-order valence-electron chi connectivity index (χ3n) is 4.13. The molecule has 0 spiro atoms. The van der Waals surface area contributed by atoms with Crippen molar-refractivity contribution in [3.05, 3.63) is 77.9 Å². The number of carbonyl (C=O) groups is 2. The van der Waals surface area contributed by atoms with E-state index in [9.17, 15) is 9.59 Å². The van der Waals surface area contributed by atoms with E-state index in [0.29, 0.717) is 5.56 Å². The molecule has 0 saturated heterocycles. The number of thioether (sulfide) groups is 1. The van der Waals surface area contributed by atoms with E-state index in [1.54, 1.807) is 6.07 Å². The number of benzene rings is 3. The molecule has 5 heteroatoms. The summed E-state index contributed by atoms with van der Waals surface area (Å²) in [7, 11) is 0. The summed E-state index contributed by atoms with van der Waals surface area (Å²) in [5.74, 6) is 0.172. The average molecular weight is 396 g/mol. The first-order chi connectivity index (χ1) is 13.1. The highest BCUT2D eigenvalue weighted by Crippen LogP contribution is 2.20. The monoisotopic (exact) mass is 395 g/mol. The van der Waals surface area contributed by atoms with E-state index in [0.717, 1.165) is 29.6 Å². The lowest BCUT2D eigenvalue weighted by molar-refractivity contribution is -0.109. The molecule has 0 amide bonds. The molecule has 27 heavy (non-hydrogen) atoms. The van der Waals surface area contributed by atoms with Gasteiger partial charge in [0, 0.05) is 23.9 Å². The Morgan fingerprint density at radius 2 is 1.74 bits per heavy atom. The van der Waals surface area contributed by atoms with Crippen LogP contribution in [0.3, 0.4) is 0 Å². The van der Waals surface area contributed by atoms with E-state index in [4.69, 9.17) is 0 Å². The van der Waals surface area contributed by atoms with Crippen molar-refractivity contribution in [2.24, 2.45) is 0 Å². The number of hydrogen-bond acceptors (Lipinski definition) is 5. The van der Waals surface area contributed by atoms with Crippen molar-refractivity contribution in [2.45, 2.75) is 18.2 Å². The van der Waals surface area contributed by atoms with Crippen LogP contribution in [0.1, 0.15) is 22.8 Å². The van der Waals surface area contributed by atoms with Crippen molar-refractivity contribution in [2.75, 3.05) is 12.3 Å². The lowest BCUT2D eigenvalue weighted by atomic mass is 10.0. The van der Waals surface area contributed by atoms with Gasteiger partial charge in [0.2, 0.25) is 0 Å². The molecule has 0 aliphatic carbocycles. The van der Waals surface area contributed by atoms with Crippen molar-refractivity contribution >= 4 is 45.4 Å². The maximum Gasteiger partial charge on any atom is 0.186 e. The molecule has 0 unspecified atom stereocenters. The summed E-state index contributed by atoms with van der Waals surface area (Å²) in [6.45, 7) is 2.31. The van der Waals surface area contributed by atoms with Gasteiger partial charge in [-0.15, -0.1) is 0 Å². The number of Topliss-reactive ketones (excluding diaryl/α,β-unsaturated/α-hetero) is 1. The molecule has 0 heterocycles. The predicted molar refractivity (Wildman–Crippen MR) is 115 cm³/mol. The fourth-order valence-electron chi connectivity index (χ4n) is 2.81. The minimum Gasteiger partial charge on any atom is -0.293 e. The molecule has 0 radical (unpaired) electrons. The Morgan fingerprint density at radius 3 is 2.59 bits per heavy atom. The second kappa shape index (κ2) is 9.74. The largest absolute Gasteiger partial charge is 0.293 e. The summed E-state index contributed by atoms with van der Waals surface area (Å²) >= 11 is 2.57. The zero-order valence-corrected chi connectivity index (χ0v) is 16.7. The molecule has 3 aromatic rings. The summed E-state index contributed by atoms with van der Waals surface area (Å²) in [4.78, 5) is 24.1. The van der Waals surface area contributed by atoms with Crippen LogP contribution >= 0.6 is 23.7 Å². The first kappa shape index (κ1) is 19.7. The third kappa shape index (κ3) is 5.70. The summed E-state index contributed by atoms with van der Waals surface area (Å²) in [6, 6.07) is 22.3. The molecule has 1 N–H and O–H groups in total. The van der Waals surface area contributed by atoms with Crippen molar-refractivity contribution in [1.29, 1.82) is 0 Å². The van der Waals surface area contributed by atoms with Gasteiger partial charge < -0.3 is 0 Å². The molecular formula is C22H21NO2S2. The van der Waals surface area contributed by atoms with Crippen LogP contribution in [0.15, 0.2) is 71.6 Å². The molecular weight excluding hydrogens is 374 g/mol. The fraction of sp³-hybridized carbons (Fsp3) is 0.182. The van der Waals surface area contributed by atoms with Gasteiger partial charge in [-0.25, -0.2) is 0 Å². The second-order valence-electron chi connectivity index (χ2n) is 6.12. The molecule has 0 atom stereocenters. The van der Waals surface area contributed by atoms with Gasteiger partial charge in [-0.3, -0.25) is 14.3 Å². The molecule has 3 rings (SSSR count). The van der Waals surface area contributed by atoms with Gasteiger partial charge in [0.15, 0.2) is 10.9 Å². The van der Waals surface area contributed by atoms with Crippen molar-refractivity contribution < 1.29 is 9.59 Å². The normalized spacial score (nSPS) is 10.9. The summed E-state index contributed by atoms with van der Waals surface area (Å²) < 4.78 is 3.38. The molecule has 3 aromatic carbocycles. The topological polar surface area (TPSA) is 46.2 Å². The summed E-state index contributed by atoms with van der Waals surface area (Å²) in [6.07, 6.45) is 0.933. The lowest BCUT2D eigenvalue weighted by Crippen LogP contribution is -2.09. The van der Waals surface area contributed by atoms with Gasteiger partial charge >= 0.3 is 0 Å². The van der Waals surface area contributed by atoms with Crippen LogP contribution in [0.4, 0.5) is 0 Å². The van der Waals surface area contributed by atoms with Gasteiger partial charge in [0.05, 0.1) is 5.75 Å². The van der Waals surface area contributed by atoms with Crippen LogP contribution < -0.4 is 4.72 Å². The van der Waals surface area contributed by atoms with Gasteiger partial charge in [-0.1, -0.05) is 66.4 Å². The van der Waals surface area contributed by atoms with Crippen LogP contribution in [0.5, 0.6) is 0 Å². The van der Waals surface area contributed by atoms with E-state index in [-0.39, 0.29) is 16.7 Å². The molecule has 0 fully saturated rings. The third-order valence-corrected chi connectivity index (χ3v) is 5.78. The highest BCUT2D eigenvalue weighted by atomic mass is 32.2. The SMILES string of the molecule is CC(=O)SCC(=O)c1cccc(SNCCc2cccc3ccccc23)c1. The van der Waals surface area contributed by atoms with Crippen LogP contribution in [-0.4, -0.2) is 23.2 Å². The Morgan fingerprint density at radius 1 is 0.963 bits per heavy atom. The molecule has 0 aromatic heterocycles. The van der Waals surface area contributed by atoms with Crippen LogP contribution in [-0.2, 0) is 11.2 Å². The van der Waals surface area contributed by atoms with Crippen molar-refractivity contribution in [3.8, 4) is 0 Å². The van der Waals surface area contributed by atoms with Crippen LogP contribution in [0, 0.1) is 0 Å². The molecule has 0 aliphatic rings. The number of fused-ring (bicyclic) bond motifs is 1. The Labute approximate surface area is 168 Å². The highest BCUT2D eigenvalue weighted by Gasteiger charge is 2.08. The number of ketones is 1. The summed E-state index contributed by atoms with van der Waals surface area (Å²) in [5, 5.41) is 2.52. The lowest BCUT2D eigenvalue weighted by Gasteiger charge is -2.08. The first-order valence-corrected chi connectivity index (χ1v) is 10.6. The molecule has 0 bridgehead atoms. The van der Waals surface area contributed by atoms with Crippen molar-refractivity contribution in [3.63, 3.8) is 0 Å². The Bertz CT molecular complexity index is 950. The van der Waals surface area contributed by atoms with E-state index >= 15 is 0 Å². The van der Waals surface area contributed by atoms with E-state index in [2.05, 4.69) is 47.2 Å². The number of carbonyl (C=O) groups excluding carboxylic acids is 2. The van der Waals surface area contributed by atoms with Gasteiger partial charge in [0.25, 0.3) is 0 Å². The number of nitrogens with one attached hydrogen (secondary N) is 1. The smallest absolute Gasteiger partial charge is 0.186 e. The fourth-order valence-corrected chi connectivity index (χ4v) is 4.02. The van der Waals surface area contributed by atoms with E-state index in [1.165, 1.54) is 35.2 Å². The van der Waals surface area contributed by atoms with E-state index < -0.39 is 0 Å². The average Bonchev–Trinajstić information content (AvgIpc) is 2.69. The van der Waals surface area contributed by atoms with Crippen LogP contribution in [0.2, 0.25) is 0 Å². The van der Waals surface area contributed by atoms with E-state index in [1.807, 2.05) is 18.2 Å². The standard InChI is InChI=1S/C22H21NO2S2/c1-16(24)26-15-22(25)19-9-5-10-20(14-19)27-23-13-12-18-8-4-7-17-6-2-3-11-21(17)18/h2-11,14,23H,12-13,15H2,1H3. The minimum atomic E-state index is -0.0380. The Balaban J connectivity index is 1.54. The maximum absolute atomic E-state index is 12.1. The number of hydrogen-bond donors (Lipinski definition) is 1. The zero-order valence-electron chi connectivity index (χ0n) is 15.1. The van der Waals surface area contributed by atoms with Gasteiger partial charge in [-0.2, -0.15) is 0 Å². The molecule has 3 nitrogen and oxygen atoms in total. The quantitative estimate of drug-likeness (QED) is 0.325. The minimum absolute atomic E-state index is 0.0200. The second-order valence-corrected chi connectivity index (χ2v) is 8.23. The predicted octanol–water partition coefficient (Wildman–Crippen LogP) is 5.14. The Kier molecular flexibility index (Phi) is 7.10.